The summed E-state index contributed by atoms with van der Waals surface area (Å²) in [5.74, 6) is -1.62. The fourth-order valence-electron chi connectivity index (χ4n) is 0.765. The van der Waals surface area contributed by atoms with Crippen LogP contribution in [-0.2, 0) is 0 Å². The largest absolute Gasteiger partial charge is 0.320 e. The van der Waals surface area contributed by atoms with Crippen molar-refractivity contribution in [3.8, 4) is 0 Å². The molecule has 13 heavy (non-hydrogen) atoms. The highest BCUT2D eigenvalue weighted by atomic mass is 35.5. The molecule has 0 fully saturated rings. The van der Waals surface area contributed by atoms with Crippen molar-refractivity contribution in [1.82, 2.24) is 0 Å². The fraction of sp³-hybridized carbons (Fsp3) is 0.125. The minimum Gasteiger partial charge on any atom is -0.288 e. The van der Waals surface area contributed by atoms with Gasteiger partial charge < -0.3 is 0 Å². The second-order valence-corrected chi connectivity index (χ2v) is 3.57. The van der Waals surface area contributed by atoms with E-state index >= 15 is 0 Å². The predicted molar refractivity (Wildman–Crippen MR) is 46.3 cm³/mol. The molecular weight excluding hydrogens is 221 g/mol. The number of rotatable bonds is 2. The maximum Gasteiger partial charge on any atom is 0.320 e. The summed E-state index contributed by atoms with van der Waals surface area (Å²) >= 11 is 9.83. The van der Waals surface area contributed by atoms with Gasteiger partial charge in [-0.15, -0.1) is 0 Å². The van der Waals surface area contributed by atoms with Gasteiger partial charge in [-0.3, -0.25) is 4.79 Å². The Morgan fingerprint density at radius 3 is 2.08 bits per heavy atom. The molecule has 0 aromatic heterocycles. The Kier molecular flexibility index (Phi) is 2.88. The lowest BCUT2D eigenvalue weighted by Gasteiger charge is -2.06. The van der Waals surface area contributed by atoms with E-state index in [0.29, 0.717) is 0 Å². The molecular formula is C8H4Cl2F2O. The van der Waals surface area contributed by atoms with E-state index in [1.807, 2.05) is 0 Å². The molecule has 0 saturated heterocycles. The molecule has 5 heteroatoms. The number of ketones is 1. The third kappa shape index (κ3) is 2.64. The predicted octanol–water partition coefficient (Wildman–Crippen LogP) is 3.11. The minimum absolute atomic E-state index is 0.0751. The van der Waals surface area contributed by atoms with E-state index in [1.165, 1.54) is 0 Å². The van der Waals surface area contributed by atoms with Crippen molar-refractivity contribution in [3.63, 3.8) is 0 Å². The molecule has 0 bridgehead atoms. The Labute approximate surface area is 83.3 Å². The van der Waals surface area contributed by atoms with Crippen LogP contribution in [0.3, 0.4) is 0 Å². The van der Waals surface area contributed by atoms with Crippen LogP contribution in [0.15, 0.2) is 24.3 Å². The van der Waals surface area contributed by atoms with E-state index in [9.17, 15) is 13.6 Å². The summed E-state index contributed by atoms with van der Waals surface area (Å²) in [6, 6.07) is 4.26. The normalized spacial score (nSPS) is 11.4. The quantitative estimate of drug-likeness (QED) is 0.558. The molecule has 70 valence electrons. The maximum atomic E-state index is 12.7. The highest BCUT2D eigenvalue weighted by Gasteiger charge is 2.33. The monoisotopic (exact) mass is 224 g/mol. The second kappa shape index (κ2) is 3.60. The van der Waals surface area contributed by atoms with E-state index in [2.05, 4.69) is 0 Å². The Morgan fingerprint density at radius 2 is 1.69 bits per heavy atom. The molecule has 0 aliphatic carbocycles. The van der Waals surface area contributed by atoms with Crippen LogP contribution in [0.1, 0.15) is 10.4 Å². The van der Waals surface area contributed by atoms with Crippen LogP contribution in [0.5, 0.6) is 0 Å². The third-order valence-corrected chi connectivity index (χ3v) is 1.71. The highest BCUT2D eigenvalue weighted by molar-refractivity contribution is 6.58. The van der Waals surface area contributed by atoms with Crippen molar-refractivity contribution in [2.75, 3.05) is 0 Å². The van der Waals surface area contributed by atoms with Gasteiger partial charge in [-0.25, -0.2) is 4.39 Å². The number of alkyl halides is 3. The van der Waals surface area contributed by atoms with E-state index in [4.69, 9.17) is 23.2 Å². The van der Waals surface area contributed by atoms with Gasteiger partial charge in [0.2, 0.25) is 5.78 Å². The topological polar surface area (TPSA) is 17.1 Å². The summed E-state index contributed by atoms with van der Waals surface area (Å²) in [5, 5.41) is 0. The van der Waals surface area contributed by atoms with Crippen LogP contribution < -0.4 is 0 Å². The number of carbonyl (C=O) groups is 1. The maximum absolute atomic E-state index is 12.7. The SMILES string of the molecule is O=C(c1ccc(F)cc1)C(F)(Cl)Cl. The number of carbonyl (C=O) groups excluding carboxylic acids is 1. The van der Waals surface area contributed by atoms with Gasteiger partial charge in [-0.1, -0.05) is 23.2 Å². The van der Waals surface area contributed by atoms with Crippen LogP contribution in [0, 0.1) is 5.82 Å². The summed E-state index contributed by atoms with van der Waals surface area (Å²) in [6.07, 6.45) is 0. The Morgan fingerprint density at radius 1 is 1.23 bits per heavy atom. The van der Waals surface area contributed by atoms with E-state index in [1.54, 1.807) is 0 Å². The van der Waals surface area contributed by atoms with Crippen molar-refractivity contribution in [2.24, 2.45) is 0 Å². The molecule has 0 N–H and O–H groups in total. The molecule has 0 aliphatic heterocycles. The molecule has 0 radical (unpaired) electrons. The lowest BCUT2D eigenvalue weighted by molar-refractivity contribution is 0.0906. The minimum atomic E-state index is -2.96. The van der Waals surface area contributed by atoms with E-state index in [0.717, 1.165) is 24.3 Å². The Bertz CT molecular complexity index is 316. The first-order valence-corrected chi connectivity index (χ1v) is 4.04. The zero-order chi connectivity index (χ0) is 10.1. The number of hydrogen-bond donors (Lipinski definition) is 0. The number of halogens is 4. The van der Waals surface area contributed by atoms with E-state index in [-0.39, 0.29) is 5.56 Å². The fourth-order valence-corrected chi connectivity index (χ4v) is 0.983. The molecule has 0 spiro atoms. The standard InChI is InChI=1S/C8H4Cl2F2O/c9-8(10,12)7(13)5-1-3-6(11)4-2-5/h1-4H. The van der Waals surface area contributed by atoms with Crippen LogP contribution in [0.2, 0.25) is 0 Å². The zero-order valence-electron chi connectivity index (χ0n) is 6.23. The van der Waals surface area contributed by atoms with Gasteiger partial charge in [0, 0.05) is 5.56 Å². The lowest BCUT2D eigenvalue weighted by Crippen LogP contribution is -2.19. The Hall–Kier alpha value is -0.670. The second-order valence-electron chi connectivity index (χ2n) is 2.33. The lowest BCUT2D eigenvalue weighted by atomic mass is 10.1. The molecule has 0 unspecified atom stereocenters. The average Bonchev–Trinajstić information content (AvgIpc) is 2.03. The van der Waals surface area contributed by atoms with Gasteiger partial charge in [0.15, 0.2) is 0 Å². The van der Waals surface area contributed by atoms with Gasteiger partial charge in [-0.2, -0.15) is 4.39 Å². The molecule has 0 aliphatic rings. The van der Waals surface area contributed by atoms with Gasteiger partial charge in [0.05, 0.1) is 0 Å². The molecule has 1 nitrogen and oxygen atoms in total. The molecule has 0 atom stereocenters. The summed E-state index contributed by atoms with van der Waals surface area (Å²) < 4.78 is 22.1. The van der Waals surface area contributed by atoms with Crippen molar-refractivity contribution in [2.45, 2.75) is 4.59 Å². The first-order valence-electron chi connectivity index (χ1n) is 3.28. The number of Topliss-reactive ketones (excluding diaryl/α,β-unsaturated/α-hetero) is 1. The van der Waals surface area contributed by atoms with Crippen molar-refractivity contribution < 1.29 is 13.6 Å². The van der Waals surface area contributed by atoms with Crippen molar-refractivity contribution in [3.05, 3.63) is 35.6 Å². The molecule has 0 heterocycles. The number of benzene rings is 1. The van der Waals surface area contributed by atoms with Crippen LogP contribution in [0.4, 0.5) is 8.78 Å². The number of hydrogen-bond acceptors (Lipinski definition) is 1. The van der Waals surface area contributed by atoms with Crippen LogP contribution in [-0.4, -0.2) is 10.4 Å². The van der Waals surface area contributed by atoms with Gasteiger partial charge >= 0.3 is 4.59 Å². The summed E-state index contributed by atoms with van der Waals surface area (Å²) in [7, 11) is 0. The van der Waals surface area contributed by atoms with Crippen molar-refractivity contribution in [1.29, 1.82) is 0 Å². The van der Waals surface area contributed by atoms with Gasteiger partial charge in [-0.05, 0) is 24.3 Å². The Balaban J connectivity index is 2.97. The van der Waals surface area contributed by atoms with Crippen LogP contribution >= 0.6 is 23.2 Å². The van der Waals surface area contributed by atoms with Crippen LogP contribution in [0.25, 0.3) is 0 Å². The zero-order valence-corrected chi connectivity index (χ0v) is 7.74. The molecule has 1 aromatic rings. The first-order chi connectivity index (χ1) is 5.91. The third-order valence-electron chi connectivity index (χ3n) is 1.36. The summed E-state index contributed by atoms with van der Waals surface area (Å²) in [4.78, 5) is 11.0. The first kappa shape index (κ1) is 10.4. The molecule has 0 saturated carbocycles. The molecule has 1 rings (SSSR count). The van der Waals surface area contributed by atoms with Gasteiger partial charge in [0.25, 0.3) is 0 Å². The molecule has 1 aromatic carbocycles. The smallest absolute Gasteiger partial charge is 0.288 e. The van der Waals surface area contributed by atoms with Crippen molar-refractivity contribution >= 4 is 29.0 Å². The molecule has 0 amide bonds. The highest BCUT2D eigenvalue weighted by Crippen LogP contribution is 2.27. The van der Waals surface area contributed by atoms with Gasteiger partial charge in [0.1, 0.15) is 5.82 Å². The summed E-state index contributed by atoms with van der Waals surface area (Å²) in [5.41, 5.74) is -0.0751. The average molecular weight is 225 g/mol. The van der Waals surface area contributed by atoms with E-state index < -0.39 is 16.2 Å². The summed E-state index contributed by atoms with van der Waals surface area (Å²) in [6.45, 7) is 0.